The molecule has 7 heteroatoms. The predicted octanol–water partition coefficient (Wildman–Crippen LogP) is 1.91. The molecule has 1 aliphatic heterocycles. The first kappa shape index (κ1) is 17.8. The maximum Gasteiger partial charge on any atom is 0.274 e. The van der Waals surface area contributed by atoms with Gasteiger partial charge in [0.15, 0.2) is 0 Å². The Balaban J connectivity index is 1.50. The first-order valence-corrected chi connectivity index (χ1v) is 8.76. The normalized spacial score (nSPS) is 14.7. The van der Waals surface area contributed by atoms with E-state index in [2.05, 4.69) is 15.3 Å². The van der Waals surface area contributed by atoms with Gasteiger partial charge >= 0.3 is 0 Å². The number of piperidine rings is 1. The van der Waals surface area contributed by atoms with Crippen LogP contribution in [0.25, 0.3) is 0 Å². The van der Waals surface area contributed by atoms with Crippen LogP contribution in [0.3, 0.4) is 0 Å². The molecule has 1 N–H and O–H groups in total. The molecular weight excluding hydrogens is 332 g/mol. The van der Waals surface area contributed by atoms with E-state index in [1.807, 2.05) is 6.92 Å². The lowest BCUT2D eigenvalue weighted by Crippen LogP contribution is -2.46. The maximum absolute atomic E-state index is 12.4. The molecule has 0 spiro atoms. The summed E-state index contributed by atoms with van der Waals surface area (Å²) in [5, 5.41) is 3.04. The number of ether oxygens (including phenoxy) is 1. The molecule has 1 saturated heterocycles. The van der Waals surface area contributed by atoms with Crippen molar-refractivity contribution in [1.82, 2.24) is 20.2 Å². The Morgan fingerprint density at radius 1 is 1.19 bits per heavy atom. The minimum absolute atomic E-state index is 0.0555. The van der Waals surface area contributed by atoms with Crippen LogP contribution in [0, 0.1) is 0 Å². The minimum atomic E-state index is -0.116. The molecule has 0 radical (unpaired) electrons. The highest BCUT2D eigenvalue weighted by Crippen LogP contribution is 2.15. The summed E-state index contributed by atoms with van der Waals surface area (Å²) in [6.07, 6.45) is 5.96. The summed E-state index contributed by atoms with van der Waals surface area (Å²) in [7, 11) is 0. The fraction of sp³-hybridized carbons (Fsp3) is 0.368. The Kier molecular flexibility index (Phi) is 5.78. The molecule has 0 bridgehead atoms. The molecule has 0 unspecified atom stereocenters. The van der Waals surface area contributed by atoms with Gasteiger partial charge in [-0.3, -0.25) is 14.6 Å². The average Bonchev–Trinajstić information content (AvgIpc) is 2.69. The Morgan fingerprint density at radius 3 is 2.54 bits per heavy atom. The van der Waals surface area contributed by atoms with Crippen LogP contribution in [-0.2, 0) is 0 Å². The molecule has 1 fully saturated rings. The third-order valence-electron chi connectivity index (χ3n) is 4.33. The number of nitrogens with zero attached hydrogens (tertiary/aromatic N) is 3. The number of carbonyl (C=O) groups is 2. The topological polar surface area (TPSA) is 84.4 Å². The highest BCUT2D eigenvalue weighted by molar-refractivity contribution is 5.94. The summed E-state index contributed by atoms with van der Waals surface area (Å²) < 4.78 is 5.38. The number of aromatic nitrogens is 2. The van der Waals surface area contributed by atoms with Crippen molar-refractivity contribution in [2.24, 2.45) is 0 Å². The smallest absolute Gasteiger partial charge is 0.274 e. The number of benzene rings is 1. The maximum atomic E-state index is 12.4. The first-order chi connectivity index (χ1) is 12.7. The van der Waals surface area contributed by atoms with E-state index < -0.39 is 0 Å². The van der Waals surface area contributed by atoms with Gasteiger partial charge in [-0.05, 0) is 44.0 Å². The summed E-state index contributed by atoms with van der Waals surface area (Å²) in [4.78, 5) is 34.5. The SMILES string of the molecule is CCOc1ccc(C(=O)NC2CCN(C(=O)c3cnccn3)CC2)cc1. The molecule has 1 aromatic carbocycles. The zero-order valence-corrected chi connectivity index (χ0v) is 14.7. The number of rotatable bonds is 5. The van der Waals surface area contributed by atoms with Crippen molar-refractivity contribution < 1.29 is 14.3 Å². The van der Waals surface area contributed by atoms with Gasteiger partial charge in [0.05, 0.1) is 12.8 Å². The molecular formula is C19H22N4O3. The van der Waals surface area contributed by atoms with Crippen LogP contribution in [-0.4, -0.2) is 52.4 Å². The van der Waals surface area contributed by atoms with Crippen LogP contribution in [0.4, 0.5) is 0 Å². The van der Waals surface area contributed by atoms with E-state index in [1.165, 1.54) is 12.4 Å². The molecule has 1 aliphatic rings. The van der Waals surface area contributed by atoms with Gasteiger partial charge in [0.2, 0.25) is 0 Å². The quantitative estimate of drug-likeness (QED) is 0.887. The van der Waals surface area contributed by atoms with E-state index in [4.69, 9.17) is 4.74 Å². The number of likely N-dealkylation sites (tertiary alicyclic amines) is 1. The standard InChI is InChI=1S/C19H22N4O3/c1-2-26-16-5-3-14(4-6-16)18(24)22-15-7-11-23(12-8-15)19(25)17-13-20-9-10-21-17/h3-6,9-10,13,15H,2,7-8,11-12H2,1H3,(H,22,24). The summed E-state index contributed by atoms with van der Waals surface area (Å²) >= 11 is 0. The van der Waals surface area contributed by atoms with Gasteiger partial charge in [-0.25, -0.2) is 4.98 Å². The first-order valence-electron chi connectivity index (χ1n) is 8.76. The molecule has 7 nitrogen and oxygen atoms in total. The third kappa shape index (κ3) is 4.36. The largest absolute Gasteiger partial charge is 0.494 e. The van der Waals surface area contributed by atoms with Crippen molar-refractivity contribution in [3.05, 3.63) is 54.1 Å². The average molecular weight is 354 g/mol. The minimum Gasteiger partial charge on any atom is -0.494 e. The molecule has 3 rings (SSSR count). The Morgan fingerprint density at radius 2 is 1.92 bits per heavy atom. The zero-order valence-electron chi connectivity index (χ0n) is 14.7. The fourth-order valence-electron chi connectivity index (χ4n) is 2.94. The molecule has 2 heterocycles. The van der Waals surface area contributed by atoms with E-state index in [9.17, 15) is 9.59 Å². The molecule has 0 atom stereocenters. The van der Waals surface area contributed by atoms with Crippen molar-refractivity contribution in [2.75, 3.05) is 19.7 Å². The van der Waals surface area contributed by atoms with Crippen molar-refractivity contribution >= 4 is 11.8 Å². The predicted molar refractivity (Wildman–Crippen MR) is 96.0 cm³/mol. The lowest BCUT2D eigenvalue weighted by Gasteiger charge is -2.32. The van der Waals surface area contributed by atoms with Gasteiger partial charge in [0.25, 0.3) is 11.8 Å². The number of hydrogen-bond acceptors (Lipinski definition) is 5. The van der Waals surface area contributed by atoms with Crippen LogP contribution in [0.5, 0.6) is 5.75 Å². The second kappa shape index (κ2) is 8.42. The van der Waals surface area contributed by atoms with Crippen molar-refractivity contribution in [3.63, 3.8) is 0 Å². The molecule has 1 aromatic heterocycles. The van der Waals surface area contributed by atoms with Gasteiger partial charge in [0, 0.05) is 37.1 Å². The molecule has 2 aromatic rings. The van der Waals surface area contributed by atoms with E-state index in [-0.39, 0.29) is 17.9 Å². The van der Waals surface area contributed by atoms with Crippen LogP contribution in [0.2, 0.25) is 0 Å². The summed E-state index contributed by atoms with van der Waals surface area (Å²) in [6, 6.07) is 7.15. The van der Waals surface area contributed by atoms with Crippen LogP contribution in [0.1, 0.15) is 40.6 Å². The zero-order chi connectivity index (χ0) is 18.4. The molecule has 2 amide bonds. The third-order valence-corrected chi connectivity index (χ3v) is 4.33. The summed E-state index contributed by atoms with van der Waals surface area (Å²) in [5.41, 5.74) is 0.955. The van der Waals surface area contributed by atoms with Crippen molar-refractivity contribution in [2.45, 2.75) is 25.8 Å². The van der Waals surface area contributed by atoms with Crippen LogP contribution >= 0.6 is 0 Å². The van der Waals surface area contributed by atoms with Gasteiger partial charge in [-0.1, -0.05) is 0 Å². The van der Waals surface area contributed by atoms with E-state index in [1.54, 1.807) is 35.4 Å². The lowest BCUT2D eigenvalue weighted by molar-refractivity contribution is 0.0692. The Bertz CT molecular complexity index is 741. The fourth-order valence-corrected chi connectivity index (χ4v) is 2.94. The highest BCUT2D eigenvalue weighted by Gasteiger charge is 2.25. The van der Waals surface area contributed by atoms with Crippen molar-refractivity contribution in [1.29, 1.82) is 0 Å². The molecule has 26 heavy (non-hydrogen) atoms. The second-order valence-corrected chi connectivity index (χ2v) is 6.09. The second-order valence-electron chi connectivity index (χ2n) is 6.09. The van der Waals surface area contributed by atoms with E-state index >= 15 is 0 Å². The molecule has 136 valence electrons. The molecule has 0 saturated carbocycles. The Labute approximate surface area is 152 Å². The summed E-state index contributed by atoms with van der Waals surface area (Å²) in [6.45, 7) is 3.69. The van der Waals surface area contributed by atoms with Gasteiger partial charge in [-0.2, -0.15) is 0 Å². The monoisotopic (exact) mass is 354 g/mol. The van der Waals surface area contributed by atoms with Gasteiger partial charge < -0.3 is 15.0 Å². The number of carbonyl (C=O) groups excluding carboxylic acids is 2. The van der Waals surface area contributed by atoms with E-state index in [0.717, 1.165) is 18.6 Å². The number of amides is 2. The molecule has 0 aliphatic carbocycles. The lowest BCUT2D eigenvalue weighted by atomic mass is 10.0. The van der Waals surface area contributed by atoms with E-state index in [0.29, 0.717) is 31.0 Å². The van der Waals surface area contributed by atoms with Crippen LogP contribution in [0.15, 0.2) is 42.9 Å². The van der Waals surface area contributed by atoms with Gasteiger partial charge in [-0.15, -0.1) is 0 Å². The number of hydrogen-bond donors (Lipinski definition) is 1. The van der Waals surface area contributed by atoms with Gasteiger partial charge in [0.1, 0.15) is 11.4 Å². The highest BCUT2D eigenvalue weighted by atomic mass is 16.5. The Hall–Kier alpha value is -2.96. The van der Waals surface area contributed by atoms with Crippen LogP contribution < -0.4 is 10.1 Å². The summed E-state index contributed by atoms with van der Waals surface area (Å²) in [5.74, 6) is 0.529. The number of nitrogens with one attached hydrogen (secondary N) is 1. The van der Waals surface area contributed by atoms with Crippen molar-refractivity contribution in [3.8, 4) is 5.75 Å².